The molecule has 0 saturated heterocycles. The van der Waals surface area contributed by atoms with Crippen LogP contribution in [0.1, 0.15) is 12.8 Å². The van der Waals surface area contributed by atoms with Crippen molar-refractivity contribution in [3.63, 3.8) is 0 Å². The minimum atomic E-state index is 0.633. The number of unbranched alkanes of at least 4 members (excludes halogenated alkanes) is 1. The summed E-state index contributed by atoms with van der Waals surface area (Å²) in [6, 6.07) is 14.9. The first-order valence-electron chi connectivity index (χ1n) is 6.71. The topological polar surface area (TPSA) is 70.5 Å². The first-order chi connectivity index (χ1) is 9.75. The number of anilines is 2. The fraction of sp³-hybridized carbons (Fsp3) is 0.250. The highest BCUT2D eigenvalue weighted by Gasteiger charge is 1.98. The van der Waals surface area contributed by atoms with Crippen LogP contribution in [0, 0.1) is 0 Å². The number of benzene rings is 2. The van der Waals surface area contributed by atoms with Crippen molar-refractivity contribution in [3.8, 4) is 11.5 Å². The van der Waals surface area contributed by atoms with Crippen molar-refractivity contribution in [2.45, 2.75) is 12.8 Å². The largest absolute Gasteiger partial charge is 0.494 e. The first-order valence-corrected chi connectivity index (χ1v) is 6.71. The van der Waals surface area contributed by atoms with E-state index in [1.165, 1.54) is 0 Å². The van der Waals surface area contributed by atoms with E-state index in [1.807, 2.05) is 48.5 Å². The van der Waals surface area contributed by atoms with E-state index in [0.29, 0.717) is 24.6 Å². The lowest BCUT2D eigenvalue weighted by Gasteiger charge is -2.09. The number of hydrogen-bond acceptors (Lipinski definition) is 4. The van der Waals surface area contributed by atoms with Gasteiger partial charge < -0.3 is 20.9 Å². The predicted molar refractivity (Wildman–Crippen MR) is 81.9 cm³/mol. The highest BCUT2D eigenvalue weighted by Crippen LogP contribution is 2.20. The number of rotatable bonds is 7. The molecule has 0 spiro atoms. The van der Waals surface area contributed by atoms with Crippen LogP contribution in [0.25, 0.3) is 0 Å². The maximum atomic E-state index is 5.79. The summed E-state index contributed by atoms with van der Waals surface area (Å²) in [5, 5.41) is 0. The Labute approximate surface area is 119 Å². The molecule has 106 valence electrons. The summed E-state index contributed by atoms with van der Waals surface area (Å²) in [5.41, 5.74) is 12.9. The summed E-state index contributed by atoms with van der Waals surface area (Å²) < 4.78 is 11.2. The molecule has 2 aromatic rings. The van der Waals surface area contributed by atoms with Crippen LogP contribution in [0.2, 0.25) is 0 Å². The van der Waals surface area contributed by atoms with Crippen molar-refractivity contribution in [1.29, 1.82) is 0 Å². The minimum Gasteiger partial charge on any atom is -0.494 e. The number of hydrogen-bond donors (Lipinski definition) is 2. The van der Waals surface area contributed by atoms with E-state index >= 15 is 0 Å². The lowest BCUT2D eigenvalue weighted by molar-refractivity contribution is 0.267. The Bertz CT molecular complexity index is 544. The Morgan fingerprint density at radius 2 is 1.55 bits per heavy atom. The van der Waals surface area contributed by atoms with Gasteiger partial charge in [0.15, 0.2) is 0 Å². The van der Waals surface area contributed by atoms with Gasteiger partial charge in [0, 0.05) is 11.8 Å². The van der Waals surface area contributed by atoms with E-state index in [4.69, 9.17) is 20.9 Å². The Kier molecular flexibility index (Phi) is 5.12. The van der Waals surface area contributed by atoms with Gasteiger partial charge in [-0.2, -0.15) is 0 Å². The average molecular weight is 272 g/mol. The molecule has 4 N–H and O–H groups in total. The van der Waals surface area contributed by atoms with Gasteiger partial charge in [-0.3, -0.25) is 0 Å². The Hall–Kier alpha value is -2.36. The molecule has 0 saturated carbocycles. The van der Waals surface area contributed by atoms with Crippen LogP contribution >= 0.6 is 0 Å². The van der Waals surface area contributed by atoms with Crippen molar-refractivity contribution >= 4 is 11.4 Å². The van der Waals surface area contributed by atoms with Gasteiger partial charge in [0.05, 0.1) is 18.9 Å². The van der Waals surface area contributed by atoms with E-state index in [1.54, 1.807) is 0 Å². The van der Waals surface area contributed by atoms with Crippen molar-refractivity contribution < 1.29 is 9.47 Å². The third kappa shape index (κ3) is 4.39. The van der Waals surface area contributed by atoms with Gasteiger partial charge in [-0.25, -0.2) is 0 Å². The maximum Gasteiger partial charge on any atom is 0.142 e. The zero-order valence-corrected chi connectivity index (χ0v) is 11.4. The molecule has 2 rings (SSSR count). The van der Waals surface area contributed by atoms with E-state index in [-0.39, 0.29) is 0 Å². The van der Waals surface area contributed by atoms with Gasteiger partial charge in [0.2, 0.25) is 0 Å². The number of ether oxygens (including phenoxy) is 2. The molecule has 0 aromatic heterocycles. The molecule has 0 aliphatic rings. The quantitative estimate of drug-likeness (QED) is 0.600. The number of para-hydroxylation sites is 2. The molecule has 2 aromatic carbocycles. The molecule has 0 unspecified atom stereocenters. The van der Waals surface area contributed by atoms with Crippen molar-refractivity contribution in [1.82, 2.24) is 0 Å². The van der Waals surface area contributed by atoms with E-state index in [0.717, 1.165) is 24.3 Å². The lowest BCUT2D eigenvalue weighted by Crippen LogP contribution is -2.03. The highest BCUT2D eigenvalue weighted by atomic mass is 16.5. The van der Waals surface area contributed by atoms with Crippen molar-refractivity contribution in [3.05, 3.63) is 48.5 Å². The minimum absolute atomic E-state index is 0.633. The van der Waals surface area contributed by atoms with Gasteiger partial charge in [-0.15, -0.1) is 0 Å². The molecule has 20 heavy (non-hydrogen) atoms. The van der Waals surface area contributed by atoms with Crippen LogP contribution in [-0.2, 0) is 0 Å². The zero-order chi connectivity index (χ0) is 14.2. The molecule has 4 nitrogen and oxygen atoms in total. The molecular formula is C16H20N2O2. The second-order valence-corrected chi connectivity index (χ2v) is 4.51. The van der Waals surface area contributed by atoms with Crippen LogP contribution in [0.4, 0.5) is 11.4 Å². The Morgan fingerprint density at radius 1 is 0.800 bits per heavy atom. The summed E-state index contributed by atoms with van der Waals surface area (Å²) in [6.07, 6.45) is 1.83. The zero-order valence-electron chi connectivity index (χ0n) is 11.4. The third-order valence-corrected chi connectivity index (χ3v) is 2.84. The third-order valence-electron chi connectivity index (χ3n) is 2.84. The fourth-order valence-corrected chi connectivity index (χ4v) is 1.79. The highest BCUT2D eigenvalue weighted by molar-refractivity contribution is 5.51. The summed E-state index contributed by atoms with van der Waals surface area (Å²) in [7, 11) is 0. The van der Waals surface area contributed by atoms with E-state index in [9.17, 15) is 0 Å². The summed E-state index contributed by atoms with van der Waals surface area (Å²) >= 11 is 0. The molecule has 0 aliphatic heterocycles. The van der Waals surface area contributed by atoms with Gasteiger partial charge in [0.25, 0.3) is 0 Å². The van der Waals surface area contributed by atoms with Crippen LogP contribution in [0.3, 0.4) is 0 Å². The van der Waals surface area contributed by atoms with Gasteiger partial charge >= 0.3 is 0 Å². The van der Waals surface area contributed by atoms with Crippen LogP contribution in [0.5, 0.6) is 11.5 Å². The smallest absolute Gasteiger partial charge is 0.142 e. The van der Waals surface area contributed by atoms with Crippen molar-refractivity contribution in [2.75, 3.05) is 24.7 Å². The molecule has 0 aliphatic carbocycles. The van der Waals surface area contributed by atoms with Crippen LogP contribution in [-0.4, -0.2) is 13.2 Å². The van der Waals surface area contributed by atoms with Crippen LogP contribution < -0.4 is 20.9 Å². The van der Waals surface area contributed by atoms with Crippen LogP contribution in [0.15, 0.2) is 48.5 Å². The molecule has 0 heterocycles. The first kappa shape index (κ1) is 14.1. The molecule has 0 amide bonds. The summed E-state index contributed by atoms with van der Waals surface area (Å²) in [5.74, 6) is 1.54. The summed E-state index contributed by atoms with van der Waals surface area (Å²) in [4.78, 5) is 0. The predicted octanol–water partition coefficient (Wildman–Crippen LogP) is 3.09. The van der Waals surface area contributed by atoms with Gasteiger partial charge in [0.1, 0.15) is 11.5 Å². The Morgan fingerprint density at radius 3 is 2.30 bits per heavy atom. The van der Waals surface area contributed by atoms with Crippen molar-refractivity contribution in [2.24, 2.45) is 0 Å². The van der Waals surface area contributed by atoms with E-state index < -0.39 is 0 Å². The monoisotopic (exact) mass is 272 g/mol. The average Bonchev–Trinajstić information content (AvgIpc) is 2.44. The van der Waals surface area contributed by atoms with Gasteiger partial charge in [-0.05, 0) is 37.1 Å². The number of nitrogens with two attached hydrogens (primary N) is 2. The van der Waals surface area contributed by atoms with Gasteiger partial charge in [-0.1, -0.05) is 18.2 Å². The molecular weight excluding hydrogens is 252 g/mol. The summed E-state index contributed by atoms with van der Waals surface area (Å²) in [6.45, 7) is 1.28. The Balaban J connectivity index is 1.61. The number of nitrogen functional groups attached to an aromatic ring is 2. The fourth-order valence-electron chi connectivity index (χ4n) is 1.79. The molecule has 0 fully saturated rings. The normalized spacial score (nSPS) is 10.2. The molecule has 0 bridgehead atoms. The standard InChI is InChI=1S/C16H20N2O2/c17-13-6-5-7-14(12-13)19-10-3-4-11-20-16-9-2-1-8-15(16)18/h1-2,5-9,12H,3-4,10-11,17-18H2. The lowest BCUT2D eigenvalue weighted by atomic mass is 10.3. The molecule has 0 radical (unpaired) electrons. The van der Waals surface area contributed by atoms with E-state index in [2.05, 4.69) is 0 Å². The molecule has 4 heteroatoms. The second-order valence-electron chi connectivity index (χ2n) is 4.51. The second kappa shape index (κ2) is 7.28. The maximum absolute atomic E-state index is 5.79. The SMILES string of the molecule is Nc1cccc(OCCCCOc2ccccc2N)c1. The molecule has 0 atom stereocenters.